The summed E-state index contributed by atoms with van der Waals surface area (Å²) in [6.07, 6.45) is 6.17. The molecule has 2 aromatic heterocycles. The van der Waals surface area contributed by atoms with Gasteiger partial charge in [-0.1, -0.05) is 0 Å². The highest BCUT2D eigenvalue weighted by Crippen LogP contribution is 2.19. The van der Waals surface area contributed by atoms with E-state index in [0.29, 0.717) is 17.7 Å². The van der Waals surface area contributed by atoms with E-state index in [0.717, 1.165) is 31.6 Å². The number of nitrogens with zero attached hydrogens (tertiary/aromatic N) is 4. The number of aryl methyl sites for hydroxylation is 2. The molecule has 0 unspecified atom stereocenters. The highest BCUT2D eigenvalue weighted by Gasteiger charge is 2.26. The normalized spacial score (nSPS) is 18.7. The maximum atomic E-state index is 12.2. The first-order chi connectivity index (χ1) is 10.6. The molecule has 0 aliphatic carbocycles. The summed E-state index contributed by atoms with van der Waals surface area (Å²) in [6, 6.07) is 0.378. The van der Waals surface area contributed by atoms with Crippen molar-refractivity contribution in [2.24, 2.45) is 0 Å². The van der Waals surface area contributed by atoms with Gasteiger partial charge in [0.25, 0.3) is 0 Å². The van der Waals surface area contributed by atoms with Gasteiger partial charge < -0.3 is 5.32 Å². The smallest absolute Gasteiger partial charge is 0.240 e. The molecule has 0 radical (unpaired) electrons. The summed E-state index contributed by atoms with van der Waals surface area (Å²) in [7, 11) is 0. The Hall–Kier alpha value is -1.73. The molecular formula is C15H21N5OS. The number of rotatable bonds is 5. The molecule has 22 heavy (non-hydrogen) atoms. The molecule has 3 rings (SSSR count). The average Bonchev–Trinajstić information content (AvgIpc) is 3.15. The van der Waals surface area contributed by atoms with Crippen LogP contribution in [-0.2, 0) is 11.3 Å². The van der Waals surface area contributed by atoms with Gasteiger partial charge in [0, 0.05) is 17.6 Å². The second-order valence-corrected chi connectivity index (χ2v) is 6.71. The van der Waals surface area contributed by atoms with Crippen molar-refractivity contribution >= 4 is 22.4 Å². The third kappa shape index (κ3) is 3.72. The molecule has 1 aliphatic rings. The van der Waals surface area contributed by atoms with E-state index >= 15 is 0 Å². The van der Waals surface area contributed by atoms with Crippen LogP contribution >= 0.6 is 11.3 Å². The Bertz CT molecular complexity index is 650. The first kappa shape index (κ1) is 15.2. The van der Waals surface area contributed by atoms with Gasteiger partial charge in [0.2, 0.25) is 5.91 Å². The van der Waals surface area contributed by atoms with Crippen molar-refractivity contribution in [2.45, 2.75) is 39.3 Å². The van der Waals surface area contributed by atoms with E-state index < -0.39 is 0 Å². The highest BCUT2D eigenvalue weighted by molar-refractivity contribution is 7.13. The fraction of sp³-hybridized carbons (Fsp3) is 0.533. The van der Waals surface area contributed by atoms with E-state index in [9.17, 15) is 4.79 Å². The molecule has 1 atom stereocenters. The summed E-state index contributed by atoms with van der Waals surface area (Å²) in [4.78, 5) is 18.7. The molecule has 1 aliphatic heterocycles. The van der Waals surface area contributed by atoms with Gasteiger partial charge in [0.1, 0.15) is 0 Å². The van der Waals surface area contributed by atoms with Crippen molar-refractivity contribution in [2.75, 3.05) is 18.4 Å². The van der Waals surface area contributed by atoms with Crippen LogP contribution < -0.4 is 5.32 Å². The van der Waals surface area contributed by atoms with E-state index in [1.165, 1.54) is 16.9 Å². The molecule has 1 N–H and O–H groups in total. The van der Waals surface area contributed by atoms with E-state index in [1.807, 2.05) is 30.1 Å². The van der Waals surface area contributed by atoms with Crippen LogP contribution in [0.1, 0.15) is 24.1 Å². The molecule has 0 spiro atoms. The standard InChI is InChI=1S/C15H21N5OS/c1-11-6-16-20(7-11)8-13-4-3-5-19(13)9-14(21)18-15-17-12(2)10-22-15/h6-7,10,13H,3-5,8-9H2,1-2H3,(H,17,18,21)/t13-/m1/s1. The van der Waals surface area contributed by atoms with Crippen molar-refractivity contribution in [3.63, 3.8) is 0 Å². The summed E-state index contributed by atoms with van der Waals surface area (Å²) in [6.45, 7) is 6.20. The van der Waals surface area contributed by atoms with Gasteiger partial charge in [-0.3, -0.25) is 14.4 Å². The van der Waals surface area contributed by atoms with Crippen molar-refractivity contribution in [1.82, 2.24) is 19.7 Å². The minimum Gasteiger partial charge on any atom is -0.301 e. The SMILES string of the molecule is Cc1cnn(C[C@H]2CCCN2CC(=O)Nc2nc(C)cs2)c1. The minimum absolute atomic E-state index is 0.0119. The largest absolute Gasteiger partial charge is 0.301 e. The van der Waals surface area contributed by atoms with Gasteiger partial charge in [-0.15, -0.1) is 11.3 Å². The van der Waals surface area contributed by atoms with Crippen molar-refractivity contribution < 1.29 is 4.79 Å². The first-order valence-electron chi connectivity index (χ1n) is 7.55. The number of likely N-dealkylation sites (tertiary alicyclic amines) is 1. The second-order valence-electron chi connectivity index (χ2n) is 5.85. The molecule has 1 amide bonds. The molecule has 2 aromatic rings. The number of anilines is 1. The van der Waals surface area contributed by atoms with E-state index in [-0.39, 0.29) is 5.91 Å². The average molecular weight is 319 g/mol. The summed E-state index contributed by atoms with van der Waals surface area (Å²) in [5, 5.41) is 9.85. The number of hydrogen-bond donors (Lipinski definition) is 1. The molecule has 0 saturated carbocycles. The summed E-state index contributed by atoms with van der Waals surface area (Å²) in [5.74, 6) is 0.0119. The van der Waals surface area contributed by atoms with Gasteiger partial charge in [0.15, 0.2) is 5.13 Å². The van der Waals surface area contributed by atoms with E-state index in [1.54, 1.807) is 0 Å². The lowest BCUT2D eigenvalue weighted by atomic mass is 10.2. The number of hydrogen-bond acceptors (Lipinski definition) is 5. The Kier molecular flexibility index (Phi) is 4.54. The van der Waals surface area contributed by atoms with Crippen LogP contribution in [0.25, 0.3) is 0 Å². The zero-order valence-corrected chi connectivity index (χ0v) is 13.8. The van der Waals surface area contributed by atoms with E-state index in [2.05, 4.69) is 26.5 Å². The molecule has 118 valence electrons. The number of carbonyl (C=O) groups excluding carboxylic acids is 1. The molecular weight excluding hydrogens is 298 g/mol. The Labute approximate surface area is 134 Å². The first-order valence-corrected chi connectivity index (χ1v) is 8.43. The monoisotopic (exact) mass is 319 g/mol. The lowest BCUT2D eigenvalue weighted by molar-refractivity contribution is -0.117. The van der Waals surface area contributed by atoms with Crippen LogP contribution in [0, 0.1) is 13.8 Å². The van der Waals surface area contributed by atoms with Crippen LogP contribution in [0.2, 0.25) is 0 Å². The van der Waals surface area contributed by atoms with Crippen molar-refractivity contribution in [1.29, 1.82) is 0 Å². The molecule has 3 heterocycles. The van der Waals surface area contributed by atoms with Crippen LogP contribution in [0.3, 0.4) is 0 Å². The van der Waals surface area contributed by atoms with Crippen molar-refractivity contribution in [3.05, 3.63) is 29.0 Å². The summed E-state index contributed by atoms with van der Waals surface area (Å²) >= 11 is 1.47. The van der Waals surface area contributed by atoms with Gasteiger partial charge >= 0.3 is 0 Å². The summed E-state index contributed by atoms with van der Waals surface area (Å²) in [5.41, 5.74) is 2.11. The quantitative estimate of drug-likeness (QED) is 0.916. The summed E-state index contributed by atoms with van der Waals surface area (Å²) < 4.78 is 1.97. The van der Waals surface area contributed by atoms with Gasteiger partial charge in [0.05, 0.1) is 25.0 Å². The topological polar surface area (TPSA) is 63.1 Å². The third-order valence-corrected chi connectivity index (χ3v) is 4.75. The number of carbonyl (C=O) groups is 1. The molecule has 0 bridgehead atoms. The fourth-order valence-electron chi connectivity index (χ4n) is 2.85. The predicted octanol–water partition coefficient (Wildman–Crippen LogP) is 2.06. The van der Waals surface area contributed by atoms with E-state index in [4.69, 9.17) is 0 Å². The zero-order valence-electron chi connectivity index (χ0n) is 13.0. The van der Waals surface area contributed by atoms with Gasteiger partial charge in [-0.25, -0.2) is 4.98 Å². The molecule has 7 heteroatoms. The predicted molar refractivity (Wildman–Crippen MR) is 87.0 cm³/mol. The highest BCUT2D eigenvalue weighted by atomic mass is 32.1. The van der Waals surface area contributed by atoms with Crippen LogP contribution in [-0.4, -0.2) is 44.7 Å². The Morgan fingerprint density at radius 2 is 2.36 bits per heavy atom. The lowest BCUT2D eigenvalue weighted by Crippen LogP contribution is -2.39. The Morgan fingerprint density at radius 3 is 3.05 bits per heavy atom. The molecule has 1 fully saturated rings. The minimum atomic E-state index is 0.0119. The number of thiazole rings is 1. The van der Waals surface area contributed by atoms with Gasteiger partial charge in [-0.2, -0.15) is 5.10 Å². The van der Waals surface area contributed by atoms with Gasteiger partial charge in [-0.05, 0) is 38.8 Å². The second kappa shape index (κ2) is 6.58. The zero-order chi connectivity index (χ0) is 15.5. The van der Waals surface area contributed by atoms with Crippen LogP contribution in [0.4, 0.5) is 5.13 Å². The number of aromatic nitrogens is 3. The van der Waals surface area contributed by atoms with Crippen molar-refractivity contribution in [3.8, 4) is 0 Å². The third-order valence-electron chi connectivity index (χ3n) is 3.87. The lowest BCUT2D eigenvalue weighted by Gasteiger charge is -2.23. The fourth-order valence-corrected chi connectivity index (χ4v) is 3.55. The number of nitrogens with one attached hydrogen (secondary N) is 1. The molecule has 1 saturated heterocycles. The molecule has 0 aromatic carbocycles. The van der Waals surface area contributed by atoms with Crippen LogP contribution in [0.15, 0.2) is 17.8 Å². The molecule has 6 nitrogen and oxygen atoms in total. The Balaban J connectivity index is 1.55. The number of amides is 1. The maximum absolute atomic E-state index is 12.2. The Morgan fingerprint density at radius 1 is 1.50 bits per heavy atom. The maximum Gasteiger partial charge on any atom is 0.240 e. The van der Waals surface area contributed by atoms with Crippen LogP contribution in [0.5, 0.6) is 0 Å².